The molecule has 0 spiro atoms. The molecule has 0 amide bonds. The van der Waals surface area contributed by atoms with E-state index in [0.717, 1.165) is 35.6 Å². The summed E-state index contributed by atoms with van der Waals surface area (Å²) < 4.78 is 27.1. The van der Waals surface area contributed by atoms with Crippen LogP contribution < -0.4 is 0 Å². The maximum atomic E-state index is 11.8. The Hall–Kier alpha value is -2.00. The van der Waals surface area contributed by atoms with E-state index in [4.69, 9.17) is 0 Å². The van der Waals surface area contributed by atoms with E-state index in [2.05, 4.69) is 9.71 Å². The maximum absolute atomic E-state index is 11.8. The number of nitrogens with zero attached hydrogens (tertiary/aromatic N) is 3. The molecule has 0 N–H and O–H groups in total. The number of non-ortho nitro benzene ring substituents is 1. The second-order valence-corrected chi connectivity index (χ2v) is 5.61. The Balaban J connectivity index is 2.27. The van der Waals surface area contributed by atoms with Crippen molar-refractivity contribution in [2.75, 3.05) is 0 Å². The molecule has 1 aromatic heterocycles. The van der Waals surface area contributed by atoms with Gasteiger partial charge in [0.25, 0.3) is 5.69 Å². The molecule has 1 aromatic carbocycles. The lowest BCUT2D eigenvalue weighted by molar-refractivity contribution is -0.384. The van der Waals surface area contributed by atoms with Gasteiger partial charge >= 0.3 is 0 Å². The molecule has 0 atom stereocenters. The van der Waals surface area contributed by atoms with E-state index in [0.29, 0.717) is 0 Å². The van der Waals surface area contributed by atoms with Crippen molar-refractivity contribution >= 4 is 32.2 Å². The number of thiazole rings is 1. The van der Waals surface area contributed by atoms with Crippen LogP contribution in [0.15, 0.2) is 40.7 Å². The van der Waals surface area contributed by atoms with Crippen LogP contribution in [-0.2, 0) is 10.0 Å². The number of benzene rings is 1. The van der Waals surface area contributed by atoms with Crippen LogP contribution >= 0.6 is 11.3 Å². The molecule has 0 aliphatic rings. The third kappa shape index (κ3) is 2.63. The highest BCUT2D eigenvalue weighted by molar-refractivity contribution is 7.94. The van der Waals surface area contributed by atoms with Crippen LogP contribution in [0.3, 0.4) is 0 Å². The summed E-state index contributed by atoms with van der Waals surface area (Å²) in [5.74, 6) is 0. The predicted molar refractivity (Wildman–Crippen MR) is 65.4 cm³/mol. The van der Waals surface area contributed by atoms with E-state index >= 15 is 0 Å². The topological polar surface area (TPSA) is 104 Å². The Labute approximate surface area is 106 Å². The van der Waals surface area contributed by atoms with Crippen LogP contribution in [0.25, 0.3) is 4.72 Å². The molecule has 0 saturated heterocycles. The highest BCUT2D eigenvalue weighted by Gasteiger charge is 2.12. The fourth-order valence-corrected chi connectivity index (χ4v) is 2.83. The van der Waals surface area contributed by atoms with Crippen LogP contribution in [0.1, 0.15) is 0 Å². The average Bonchev–Trinajstić information content (AvgIpc) is 2.81. The third-order valence-corrected chi connectivity index (χ3v) is 4.03. The minimum absolute atomic E-state index is 0.108. The third-order valence-electron chi connectivity index (χ3n) is 1.96. The van der Waals surface area contributed by atoms with Crippen molar-refractivity contribution in [2.45, 2.75) is 4.90 Å². The highest BCUT2D eigenvalue weighted by atomic mass is 32.2. The van der Waals surface area contributed by atoms with Crippen LogP contribution in [0.4, 0.5) is 10.8 Å². The molecular formula is C9H6N3O4S2-. The second kappa shape index (κ2) is 4.70. The standard InChI is InChI=1S/C9H6N3O4S2/c13-12(14)7-1-3-8(4-2-7)18(15,16)11-9-10-5-6-17-9/h1-6H/q-1. The summed E-state index contributed by atoms with van der Waals surface area (Å²) in [5.41, 5.74) is -0.178. The number of rotatable bonds is 4. The first kappa shape index (κ1) is 12.5. The molecule has 1 heterocycles. The summed E-state index contributed by atoms with van der Waals surface area (Å²) in [5, 5.41) is 12.2. The number of aromatic nitrogens is 1. The minimum atomic E-state index is -3.88. The molecule has 9 heteroatoms. The van der Waals surface area contributed by atoms with Gasteiger partial charge in [0.05, 0.1) is 9.82 Å². The van der Waals surface area contributed by atoms with Crippen molar-refractivity contribution < 1.29 is 13.3 Å². The number of hydrogen-bond donors (Lipinski definition) is 0. The molecule has 0 aliphatic heterocycles. The lowest BCUT2D eigenvalue weighted by Crippen LogP contribution is -1.98. The first-order valence-corrected chi connectivity index (χ1v) is 6.93. The predicted octanol–water partition coefficient (Wildman–Crippen LogP) is 2.45. The summed E-state index contributed by atoms with van der Waals surface area (Å²) in [6.45, 7) is 0. The molecule has 94 valence electrons. The van der Waals surface area contributed by atoms with Crippen LogP contribution in [0.5, 0.6) is 0 Å². The Morgan fingerprint density at radius 2 is 1.94 bits per heavy atom. The molecule has 0 radical (unpaired) electrons. The van der Waals surface area contributed by atoms with Crippen molar-refractivity contribution in [2.24, 2.45) is 0 Å². The SMILES string of the molecule is O=[N+]([O-])c1ccc(S(=O)(=O)[N-]c2nccs2)cc1. The van der Waals surface area contributed by atoms with E-state index in [9.17, 15) is 18.5 Å². The van der Waals surface area contributed by atoms with Gasteiger partial charge in [-0.3, -0.25) is 10.1 Å². The van der Waals surface area contributed by atoms with Crippen molar-refractivity contribution in [1.82, 2.24) is 4.98 Å². The zero-order valence-corrected chi connectivity index (χ0v) is 10.4. The zero-order chi connectivity index (χ0) is 13.2. The van der Waals surface area contributed by atoms with Crippen LogP contribution in [0, 0.1) is 10.1 Å². The number of nitro groups is 1. The van der Waals surface area contributed by atoms with Gasteiger partial charge in [-0.2, -0.15) is 11.3 Å². The normalized spacial score (nSPS) is 11.1. The first-order valence-electron chi connectivity index (χ1n) is 4.61. The van der Waals surface area contributed by atoms with E-state index in [-0.39, 0.29) is 15.7 Å². The molecule has 0 unspecified atom stereocenters. The number of nitro benzene ring substituents is 1. The fraction of sp³-hybridized carbons (Fsp3) is 0. The molecular weight excluding hydrogens is 278 g/mol. The lowest BCUT2D eigenvalue weighted by atomic mass is 10.3. The van der Waals surface area contributed by atoms with Crippen molar-refractivity contribution in [3.05, 3.63) is 50.7 Å². The highest BCUT2D eigenvalue weighted by Crippen LogP contribution is 2.29. The minimum Gasteiger partial charge on any atom is -0.433 e. The Morgan fingerprint density at radius 3 is 2.44 bits per heavy atom. The maximum Gasteiger partial charge on any atom is 0.269 e. The van der Waals surface area contributed by atoms with Gasteiger partial charge in [-0.25, -0.2) is 8.42 Å². The monoisotopic (exact) mass is 284 g/mol. The molecule has 0 saturated carbocycles. The van der Waals surface area contributed by atoms with E-state index in [1.54, 1.807) is 5.38 Å². The molecule has 0 bridgehead atoms. The fourth-order valence-electron chi connectivity index (χ4n) is 1.16. The van der Waals surface area contributed by atoms with Gasteiger partial charge < -0.3 is 9.71 Å². The molecule has 18 heavy (non-hydrogen) atoms. The van der Waals surface area contributed by atoms with Crippen LogP contribution in [-0.4, -0.2) is 18.3 Å². The van der Waals surface area contributed by atoms with Gasteiger partial charge in [0.2, 0.25) is 10.0 Å². The molecule has 2 rings (SSSR count). The molecule has 2 aromatic rings. The first-order chi connectivity index (χ1) is 8.49. The van der Waals surface area contributed by atoms with E-state index < -0.39 is 14.9 Å². The summed E-state index contributed by atoms with van der Waals surface area (Å²) in [6, 6.07) is 4.52. The van der Waals surface area contributed by atoms with Gasteiger partial charge in [-0.05, 0) is 17.5 Å². The summed E-state index contributed by atoms with van der Waals surface area (Å²) in [4.78, 5) is 13.5. The summed E-state index contributed by atoms with van der Waals surface area (Å²) in [6.07, 6.45) is 1.44. The summed E-state index contributed by atoms with van der Waals surface area (Å²) in [7, 11) is -3.88. The van der Waals surface area contributed by atoms with Gasteiger partial charge in [0, 0.05) is 17.3 Å². The van der Waals surface area contributed by atoms with Gasteiger partial charge in [0.15, 0.2) is 0 Å². The lowest BCUT2D eigenvalue weighted by Gasteiger charge is -2.11. The quantitative estimate of drug-likeness (QED) is 0.633. The van der Waals surface area contributed by atoms with Crippen molar-refractivity contribution in [1.29, 1.82) is 0 Å². The molecule has 0 aliphatic carbocycles. The van der Waals surface area contributed by atoms with Gasteiger partial charge in [-0.15, -0.1) is 0 Å². The number of sulfonamides is 1. The average molecular weight is 284 g/mol. The smallest absolute Gasteiger partial charge is 0.269 e. The number of hydrogen-bond acceptors (Lipinski definition) is 6. The van der Waals surface area contributed by atoms with Gasteiger partial charge in [-0.1, -0.05) is 6.20 Å². The molecule has 7 nitrogen and oxygen atoms in total. The van der Waals surface area contributed by atoms with E-state index in [1.807, 2.05) is 0 Å². The van der Waals surface area contributed by atoms with Crippen molar-refractivity contribution in [3.63, 3.8) is 0 Å². The van der Waals surface area contributed by atoms with E-state index in [1.165, 1.54) is 6.20 Å². The van der Waals surface area contributed by atoms with Crippen molar-refractivity contribution in [3.8, 4) is 0 Å². The van der Waals surface area contributed by atoms with Crippen LogP contribution in [0.2, 0.25) is 0 Å². The Morgan fingerprint density at radius 1 is 1.28 bits per heavy atom. The zero-order valence-electron chi connectivity index (χ0n) is 8.76. The summed E-state index contributed by atoms with van der Waals surface area (Å²) >= 11 is 1.09. The molecule has 0 fully saturated rings. The Kier molecular flexibility index (Phi) is 3.26. The largest absolute Gasteiger partial charge is 0.433 e. The Bertz CT molecular complexity index is 650. The second-order valence-electron chi connectivity index (χ2n) is 3.13. The van der Waals surface area contributed by atoms with Gasteiger partial charge in [0.1, 0.15) is 0 Å².